The molecule has 5 rings (SSSR count). The fourth-order valence-electron chi connectivity index (χ4n) is 5.08. The first kappa shape index (κ1) is 20.4. The molecule has 0 spiro atoms. The highest BCUT2D eigenvalue weighted by molar-refractivity contribution is 5.98. The second kappa shape index (κ2) is 8.47. The fraction of sp³-hybridized carbons (Fsp3) is 0.458. The lowest BCUT2D eigenvalue weighted by atomic mass is 9.93. The first-order valence-electron chi connectivity index (χ1n) is 10.6. The van der Waals surface area contributed by atoms with Crippen LogP contribution < -0.4 is 4.90 Å². The Morgan fingerprint density at radius 3 is 2.34 bits per heavy atom. The van der Waals surface area contributed by atoms with Gasteiger partial charge in [-0.2, -0.15) is 0 Å². The molecule has 0 fully saturated rings. The number of halogens is 1. The van der Waals surface area contributed by atoms with Crippen molar-refractivity contribution in [3.63, 3.8) is 0 Å². The number of carbonyl (C=O) groups excluding carboxylic acids is 1. The number of aliphatic hydroxyl groups excluding tert-OH is 1. The molecule has 0 aliphatic carbocycles. The number of hydrogen-bond acceptors (Lipinski definition) is 3. The zero-order valence-corrected chi connectivity index (χ0v) is 17.6. The van der Waals surface area contributed by atoms with E-state index in [1.807, 2.05) is 4.90 Å². The van der Waals surface area contributed by atoms with Crippen molar-refractivity contribution in [2.24, 2.45) is 0 Å². The molecule has 2 aromatic rings. The van der Waals surface area contributed by atoms with Gasteiger partial charge in [0.15, 0.2) is 0 Å². The predicted octanol–water partition coefficient (Wildman–Crippen LogP) is 4.16. The van der Waals surface area contributed by atoms with E-state index in [1.165, 1.54) is 22.3 Å². The lowest BCUT2D eigenvalue weighted by molar-refractivity contribution is -0.118. The van der Waals surface area contributed by atoms with Gasteiger partial charge >= 0.3 is 0 Å². The summed E-state index contributed by atoms with van der Waals surface area (Å²) >= 11 is 0. The van der Waals surface area contributed by atoms with Crippen LogP contribution in [0.1, 0.15) is 59.6 Å². The minimum atomic E-state index is -0.399. The SMILES string of the molecule is Cl.O=C1CCc2cc(C(O)CCCCN3Cc4ccccc4C3)cc3c2N1CC3. The normalized spacial score (nSPS) is 18.4. The lowest BCUT2D eigenvalue weighted by Gasteiger charge is -2.26. The molecule has 3 aliphatic heterocycles. The number of aryl methyl sites for hydroxylation is 1. The van der Waals surface area contributed by atoms with E-state index in [4.69, 9.17) is 0 Å². The van der Waals surface area contributed by atoms with Gasteiger partial charge in [0.1, 0.15) is 0 Å². The van der Waals surface area contributed by atoms with Crippen molar-refractivity contribution in [1.29, 1.82) is 0 Å². The Labute approximate surface area is 178 Å². The maximum Gasteiger partial charge on any atom is 0.227 e. The number of unbranched alkanes of at least 4 members (excludes halogenated alkanes) is 1. The summed E-state index contributed by atoms with van der Waals surface area (Å²) in [7, 11) is 0. The fourth-order valence-corrected chi connectivity index (χ4v) is 5.08. The van der Waals surface area contributed by atoms with Gasteiger partial charge in [0.05, 0.1) is 11.8 Å². The smallest absolute Gasteiger partial charge is 0.227 e. The maximum absolute atomic E-state index is 12.1. The molecular weight excluding hydrogens is 384 g/mol. The van der Waals surface area contributed by atoms with Crippen LogP contribution in [0.2, 0.25) is 0 Å². The lowest BCUT2D eigenvalue weighted by Crippen LogP contribution is -2.32. The molecule has 5 heteroatoms. The van der Waals surface area contributed by atoms with Crippen LogP contribution in [-0.2, 0) is 30.7 Å². The van der Waals surface area contributed by atoms with Crippen molar-refractivity contribution in [3.8, 4) is 0 Å². The van der Waals surface area contributed by atoms with Crippen LogP contribution in [0.25, 0.3) is 0 Å². The minimum Gasteiger partial charge on any atom is -0.388 e. The second-order valence-electron chi connectivity index (χ2n) is 8.47. The average Bonchev–Trinajstić information content (AvgIpc) is 3.32. The van der Waals surface area contributed by atoms with E-state index in [0.717, 1.165) is 69.5 Å². The van der Waals surface area contributed by atoms with Gasteiger partial charge in [-0.3, -0.25) is 9.69 Å². The molecule has 0 saturated heterocycles. The molecule has 3 heterocycles. The van der Waals surface area contributed by atoms with E-state index in [9.17, 15) is 9.90 Å². The van der Waals surface area contributed by atoms with Gasteiger partial charge in [-0.1, -0.05) is 36.4 Å². The van der Waals surface area contributed by atoms with Crippen LogP contribution in [0, 0.1) is 0 Å². The summed E-state index contributed by atoms with van der Waals surface area (Å²) in [5, 5.41) is 10.7. The highest BCUT2D eigenvalue weighted by atomic mass is 35.5. The van der Waals surface area contributed by atoms with Crippen LogP contribution in [0.4, 0.5) is 5.69 Å². The van der Waals surface area contributed by atoms with Gasteiger partial charge in [0.25, 0.3) is 0 Å². The highest BCUT2D eigenvalue weighted by Crippen LogP contribution is 2.39. The van der Waals surface area contributed by atoms with E-state index >= 15 is 0 Å². The number of rotatable bonds is 6. The van der Waals surface area contributed by atoms with Crippen LogP contribution in [0.5, 0.6) is 0 Å². The molecule has 3 aliphatic rings. The minimum absolute atomic E-state index is 0. The summed E-state index contributed by atoms with van der Waals surface area (Å²) < 4.78 is 0. The van der Waals surface area contributed by atoms with Crippen LogP contribution in [0.15, 0.2) is 36.4 Å². The number of hydrogen-bond donors (Lipinski definition) is 1. The van der Waals surface area contributed by atoms with Gasteiger partial charge in [-0.15, -0.1) is 12.4 Å². The predicted molar refractivity (Wildman–Crippen MR) is 117 cm³/mol. The highest BCUT2D eigenvalue weighted by Gasteiger charge is 2.31. The summed E-state index contributed by atoms with van der Waals surface area (Å²) in [6, 6.07) is 13.0. The average molecular weight is 413 g/mol. The number of amides is 1. The third kappa shape index (κ3) is 3.94. The molecule has 0 saturated carbocycles. The second-order valence-corrected chi connectivity index (χ2v) is 8.47. The first-order valence-corrected chi connectivity index (χ1v) is 10.6. The zero-order chi connectivity index (χ0) is 19.1. The van der Waals surface area contributed by atoms with Crippen LogP contribution in [0.3, 0.4) is 0 Å². The molecule has 1 unspecified atom stereocenters. The first-order chi connectivity index (χ1) is 13.7. The molecule has 1 amide bonds. The quantitative estimate of drug-likeness (QED) is 0.724. The summed E-state index contributed by atoms with van der Waals surface area (Å²) in [4.78, 5) is 16.5. The Bertz CT molecular complexity index is 889. The van der Waals surface area contributed by atoms with E-state index in [-0.39, 0.29) is 18.3 Å². The third-order valence-corrected chi connectivity index (χ3v) is 6.57. The van der Waals surface area contributed by atoms with E-state index in [2.05, 4.69) is 41.3 Å². The molecule has 0 bridgehead atoms. The molecule has 1 N–H and O–H groups in total. The number of anilines is 1. The van der Waals surface area contributed by atoms with Crippen molar-refractivity contribution in [1.82, 2.24) is 4.90 Å². The Kier molecular flexibility index (Phi) is 5.95. The van der Waals surface area contributed by atoms with Gasteiger partial charge in [0.2, 0.25) is 5.91 Å². The Balaban J connectivity index is 0.00000205. The molecule has 154 valence electrons. The molecular formula is C24H29ClN2O2. The molecule has 0 radical (unpaired) electrons. The number of benzene rings is 2. The van der Waals surface area contributed by atoms with Gasteiger partial charge in [-0.25, -0.2) is 0 Å². The van der Waals surface area contributed by atoms with Crippen molar-refractivity contribution < 1.29 is 9.90 Å². The molecule has 4 nitrogen and oxygen atoms in total. The summed E-state index contributed by atoms with van der Waals surface area (Å²) in [6.07, 6.45) is 4.89. The number of nitrogens with zero attached hydrogens (tertiary/aromatic N) is 2. The Hall–Kier alpha value is -1.88. The van der Waals surface area contributed by atoms with E-state index in [1.54, 1.807) is 0 Å². The number of fused-ring (bicyclic) bond motifs is 1. The Morgan fingerprint density at radius 2 is 1.62 bits per heavy atom. The largest absolute Gasteiger partial charge is 0.388 e. The zero-order valence-electron chi connectivity index (χ0n) is 16.8. The third-order valence-electron chi connectivity index (χ3n) is 6.57. The molecule has 1 atom stereocenters. The Morgan fingerprint density at radius 1 is 0.931 bits per heavy atom. The standard InChI is InChI=1S/C24H28N2O2.ClH/c27-22(7-3-4-11-25-15-19-5-1-2-6-20(19)16-25)21-13-17-8-9-23(28)26-12-10-18(14-21)24(17)26;/h1-2,5-6,13-14,22,27H,3-4,7-12,15-16H2;1H. The summed E-state index contributed by atoms with van der Waals surface area (Å²) in [5.41, 5.74) is 7.59. The number of carbonyl (C=O) groups is 1. The topological polar surface area (TPSA) is 43.8 Å². The van der Waals surface area contributed by atoms with Crippen molar-refractivity contribution >= 4 is 24.0 Å². The van der Waals surface area contributed by atoms with Gasteiger partial charge < -0.3 is 10.0 Å². The van der Waals surface area contributed by atoms with Crippen molar-refractivity contribution in [2.45, 2.75) is 57.7 Å². The van der Waals surface area contributed by atoms with Gasteiger partial charge in [0, 0.05) is 26.1 Å². The maximum atomic E-state index is 12.1. The van der Waals surface area contributed by atoms with E-state index < -0.39 is 6.10 Å². The van der Waals surface area contributed by atoms with Crippen molar-refractivity contribution in [3.05, 3.63) is 64.2 Å². The molecule has 2 aromatic carbocycles. The summed E-state index contributed by atoms with van der Waals surface area (Å²) in [5.74, 6) is 0.253. The molecule has 0 aromatic heterocycles. The summed E-state index contributed by atoms with van der Waals surface area (Å²) in [6.45, 7) is 4.01. The van der Waals surface area contributed by atoms with Crippen molar-refractivity contribution in [2.75, 3.05) is 18.0 Å². The van der Waals surface area contributed by atoms with E-state index in [0.29, 0.717) is 6.42 Å². The van der Waals surface area contributed by atoms with Crippen LogP contribution in [-0.4, -0.2) is 29.0 Å². The monoisotopic (exact) mass is 412 g/mol. The van der Waals surface area contributed by atoms with Gasteiger partial charge in [-0.05, 0) is 66.5 Å². The van der Waals surface area contributed by atoms with Crippen LogP contribution >= 0.6 is 12.4 Å². The number of aliphatic hydroxyl groups is 1. The molecule has 29 heavy (non-hydrogen) atoms.